The molecule has 0 aliphatic carbocycles. The highest BCUT2D eigenvalue weighted by molar-refractivity contribution is 5.28. The summed E-state index contributed by atoms with van der Waals surface area (Å²) in [4.78, 5) is 0. The summed E-state index contributed by atoms with van der Waals surface area (Å²) in [5.41, 5.74) is 3.02. The zero-order valence-corrected chi connectivity index (χ0v) is 11.8. The van der Waals surface area contributed by atoms with Gasteiger partial charge in [-0.3, -0.25) is 0 Å². The summed E-state index contributed by atoms with van der Waals surface area (Å²) in [6, 6.07) is 8.97. The van der Waals surface area contributed by atoms with Gasteiger partial charge in [-0.25, -0.2) is 0 Å². The second kappa shape index (κ2) is 5.92. The van der Waals surface area contributed by atoms with Crippen LogP contribution >= 0.6 is 0 Å². The van der Waals surface area contributed by atoms with Gasteiger partial charge in [-0.05, 0) is 23.0 Å². The van der Waals surface area contributed by atoms with E-state index in [1.54, 1.807) is 0 Å². The van der Waals surface area contributed by atoms with Crippen LogP contribution in [0.2, 0.25) is 0 Å². The highest BCUT2D eigenvalue weighted by Gasteiger charge is 2.12. The SMILES string of the molecule is CCC#CC(C)Cc1ccc(C(C)(C)C)cc1. The quantitative estimate of drug-likeness (QED) is 0.650. The molecule has 0 N–H and O–H groups in total. The average molecular weight is 228 g/mol. The van der Waals surface area contributed by atoms with Crippen LogP contribution in [0.4, 0.5) is 0 Å². The van der Waals surface area contributed by atoms with E-state index >= 15 is 0 Å². The molecule has 0 spiro atoms. The van der Waals surface area contributed by atoms with Gasteiger partial charge < -0.3 is 0 Å². The molecule has 1 unspecified atom stereocenters. The summed E-state index contributed by atoms with van der Waals surface area (Å²) >= 11 is 0. The van der Waals surface area contributed by atoms with Crippen molar-refractivity contribution in [1.82, 2.24) is 0 Å². The first-order valence-corrected chi connectivity index (χ1v) is 6.51. The molecule has 0 aliphatic rings. The van der Waals surface area contributed by atoms with E-state index in [9.17, 15) is 0 Å². The third kappa shape index (κ3) is 4.65. The zero-order chi connectivity index (χ0) is 12.9. The molecular formula is C17H24. The van der Waals surface area contributed by atoms with Crippen molar-refractivity contribution in [3.63, 3.8) is 0 Å². The molecule has 17 heavy (non-hydrogen) atoms. The van der Waals surface area contributed by atoms with Crippen LogP contribution in [0.5, 0.6) is 0 Å². The third-order valence-electron chi connectivity index (χ3n) is 2.89. The Hall–Kier alpha value is -1.22. The Morgan fingerprint density at radius 1 is 1.12 bits per heavy atom. The van der Waals surface area contributed by atoms with E-state index in [4.69, 9.17) is 0 Å². The summed E-state index contributed by atoms with van der Waals surface area (Å²) in [6.45, 7) is 11.0. The van der Waals surface area contributed by atoms with E-state index in [2.05, 4.69) is 70.7 Å². The lowest BCUT2D eigenvalue weighted by atomic mass is 9.86. The van der Waals surface area contributed by atoms with Crippen LogP contribution in [0.1, 0.15) is 52.2 Å². The summed E-state index contributed by atoms with van der Waals surface area (Å²) in [6.07, 6.45) is 2.00. The van der Waals surface area contributed by atoms with Crippen molar-refractivity contribution in [3.05, 3.63) is 35.4 Å². The average Bonchev–Trinajstić information content (AvgIpc) is 2.26. The Balaban J connectivity index is 2.69. The van der Waals surface area contributed by atoms with Crippen LogP contribution in [-0.4, -0.2) is 0 Å². The number of hydrogen-bond donors (Lipinski definition) is 0. The minimum absolute atomic E-state index is 0.242. The maximum atomic E-state index is 3.28. The van der Waals surface area contributed by atoms with E-state index in [1.807, 2.05) is 0 Å². The van der Waals surface area contributed by atoms with Crippen molar-refractivity contribution in [2.45, 2.75) is 52.9 Å². The highest BCUT2D eigenvalue weighted by atomic mass is 14.2. The van der Waals surface area contributed by atoms with E-state index < -0.39 is 0 Å². The van der Waals surface area contributed by atoms with Crippen molar-refractivity contribution in [2.75, 3.05) is 0 Å². The smallest absolute Gasteiger partial charge is 0.0214 e. The number of hydrogen-bond acceptors (Lipinski definition) is 0. The van der Waals surface area contributed by atoms with Gasteiger partial charge in [0.2, 0.25) is 0 Å². The molecule has 0 saturated carbocycles. The zero-order valence-electron chi connectivity index (χ0n) is 11.8. The maximum absolute atomic E-state index is 3.28. The highest BCUT2D eigenvalue weighted by Crippen LogP contribution is 2.22. The van der Waals surface area contributed by atoms with Crippen LogP contribution in [0.3, 0.4) is 0 Å². The van der Waals surface area contributed by atoms with E-state index in [-0.39, 0.29) is 5.41 Å². The third-order valence-corrected chi connectivity index (χ3v) is 2.89. The monoisotopic (exact) mass is 228 g/mol. The molecule has 0 amide bonds. The summed E-state index contributed by atoms with van der Waals surface area (Å²) in [7, 11) is 0. The summed E-state index contributed by atoms with van der Waals surface area (Å²) in [5.74, 6) is 6.88. The van der Waals surface area contributed by atoms with E-state index in [0.29, 0.717) is 5.92 Å². The number of rotatable bonds is 2. The van der Waals surface area contributed by atoms with Gasteiger partial charge in [0.15, 0.2) is 0 Å². The van der Waals surface area contributed by atoms with Crippen molar-refractivity contribution in [3.8, 4) is 11.8 Å². The van der Waals surface area contributed by atoms with Crippen LogP contribution < -0.4 is 0 Å². The molecule has 0 radical (unpaired) electrons. The van der Waals surface area contributed by atoms with Gasteiger partial charge in [-0.2, -0.15) is 0 Å². The molecule has 1 atom stereocenters. The van der Waals surface area contributed by atoms with Crippen LogP contribution in [0, 0.1) is 17.8 Å². The first-order chi connectivity index (χ1) is 7.93. The molecule has 92 valence electrons. The Morgan fingerprint density at radius 2 is 1.71 bits per heavy atom. The van der Waals surface area contributed by atoms with Crippen molar-refractivity contribution >= 4 is 0 Å². The predicted molar refractivity (Wildman–Crippen MR) is 76.1 cm³/mol. The molecule has 0 bridgehead atoms. The molecule has 0 nitrogen and oxygen atoms in total. The van der Waals surface area contributed by atoms with Gasteiger partial charge in [0.1, 0.15) is 0 Å². The molecule has 0 saturated heterocycles. The van der Waals surface area contributed by atoms with Crippen molar-refractivity contribution in [1.29, 1.82) is 0 Å². The lowest BCUT2D eigenvalue weighted by Gasteiger charge is -2.19. The Morgan fingerprint density at radius 3 is 2.18 bits per heavy atom. The normalized spacial score (nSPS) is 12.8. The Kier molecular flexibility index (Phi) is 4.82. The van der Waals surface area contributed by atoms with Gasteiger partial charge in [-0.15, -0.1) is 5.92 Å². The Labute approximate surface area is 106 Å². The van der Waals surface area contributed by atoms with Crippen LogP contribution in [0.25, 0.3) is 0 Å². The van der Waals surface area contributed by atoms with Gasteiger partial charge in [-0.1, -0.05) is 64.8 Å². The lowest BCUT2D eigenvalue weighted by molar-refractivity contribution is 0.589. The molecule has 0 aliphatic heterocycles. The second-order valence-electron chi connectivity index (χ2n) is 5.73. The van der Waals surface area contributed by atoms with Gasteiger partial charge in [0, 0.05) is 12.3 Å². The first-order valence-electron chi connectivity index (χ1n) is 6.51. The molecule has 0 heteroatoms. The molecular weight excluding hydrogens is 204 g/mol. The molecule has 1 rings (SSSR count). The fourth-order valence-corrected chi connectivity index (χ4v) is 1.82. The fourth-order valence-electron chi connectivity index (χ4n) is 1.82. The maximum Gasteiger partial charge on any atom is 0.0214 e. The molecule has 1 aromatic carbocycles. The minimum Gasteiger partial charge on any atom is -0.103 e. The fraction of sp³-hybridized carbons (Fsp3) is 0.529. The largest absolute Gasteiger partial charge is 0.103 e. The first kappa shape index (κ1) is 13.8. The predicted octanol–water partition coefficient (Wildman–Crippen LogP) is 4.58. The van der Waals surface area contributed by atoms with E-state index in [0.717, 1.165) is 12.8 Å². The number of benzene rings is 1. The van der Waals surface area contributed by atoms with E-state index in [1.165, 1.54) is 11.1 Å². The van der Waals surface area contributed by atoms with Crippen molar-refractivity contribution < 1.29 is 0 Å². The molecule has 0 aromatic heterocycles. The minimum atomic E-state index is 0.242. The second-order valence-corrected chi connectivity index (χ2v) is 5.73. The van der Waals surface area contributed by atoms with Gasteiger partial charge >= 0.3 is 0 Å². The molecule has 0 fully saturated rings. The van der Waals surface area contributed by atoms with Crippen LogP contribution in [-0.2, 0) is 11.8 Å². The molecule has 0 heterocycles. The summed E-state index contributed by atoms with van der Waals surface area (Å²) < 4.78 is 0. The van der Waals surface area contributed by atoms with Crippen LogP contribution in [0.15, 0.2) is 24.3 Å². The topological polar surface area (TPSA) is 0 Å². The lowest BCUT2D eigenvalue weighted by Crippen LogP contribution is -2.10. The molecule has 1 aromatic rings. The van der Waals surface area contributed by atoms with Crippen molar-refractivity contribution in [2.24, 2.45) is 5.92 Å². The summed E-state index contributed by atoms with van der Waals surface area (Å²) in [5, 5.41) is 0. The standard InChI is InChI=1S/C17H24/c1-6-7-8-14(2)13-15-9-11-16(12-10-15)17(3,4)5/h9-12,14H,6,13H2,1-5H3. The van der Waals surface area contributed by atoms with Gasteiger partial charge in [0.05, 0.1) is 0 Å². The Bertz CT molecular complexity index is 392. The van der Waals surface area contributed by atoms with Gasteiger partial charge in [0.25, 0.3) is 0 Å².